The van der Waals surface area contributed by atoms with Crippen LogP contribution in [0.1, 0.15) is 6.92 Å². The zero-order chi connectivity index (χ0) is 16.0. The first-order chi connectivity index (χ1) is 11.1. The van der Waals surface area contributed by atoms with Crippen LogP contribution in [-0.2, 0) is 10.0 Å². The van der Waals surface area contributed by atoms with Gasteiger partial charge in [0.2, 0.25) is 10.0 Å². The van der Waals surface area contributed by atoms with Gasteiger partial charge in [-0.3, -0.25) is 4.72 Å². The summed E-state index contributed by atoms with van der Waals surface area (Å²) in [6.45, 7) is 1.63. The molecule has 0 amide bonds. The summed E-state index contributed by atoms with van der Waals surface area (Å²) in [5, 5.41) is 3.45. The van der Waals surface area contributed by atoms with Crippen molar-refractivity contribution in [1.29, 1.82) is 0 Å². The Morgan fingerprint density at radius 1 is 0.913 bits per heavy atom. The predicted molar refractivity (Wildman–Crippen MR) is 95.5 cm³/mol. The Bertz CT molecular complexity index is 1140. The molecule has 4 nitrogen and oxygen atoms in total. The lowest BCUT2D eigenvalue weighted by atomic mass is 10.0. The second-order valence-electron chi connectivity index (χ2n) is 5.55. The normalized spacial score (nSPS) is 12.2. The summed E-state index contributed by atoms with van der Waals surface area (Å²) >= 11 is 0. The third-order valence-electron chi connectivity index (χ3n) is 4.15. The topological polar surface area (TPSA) is 50.6 Å². The maximum atomic E-state index is 11.8. The number of sulfonamides is 1. The first kappa shape index (κ1) is 14.1. The molecule has 0 unspecified atom stereocenters. The number of fused-ring (bicyclic) bond motifs is 6. The summed E-state index contributed by atoms with van der Waals surface area (Å²) in [6.07, 6.45) is 2.00. The number of rotatable bonds is 3. The fourth-order valence-corrected chi connectivity index (χ4v) is 3.66. The summed E-state index contributed by atoms with van der Waals surface area (Å²) in [4.78, 5) is 0. The van der Waals surface area contributed by atoms with E-state index in [9.17, 15) is 8.42 Å². The Morgan fingerprint density at radius 3 is 2.43 bits per heavy atom. The van der Waals surface area contributed by atoms with Gasteiger partial charge in [-0.2, -0.15) is 0 Å². The maximum Gasteiger partial charge on any atom is 0.232 e. The monoisotopic (exact) mass is 324 g/mol. The van der Waals surface area contributed by atoms with Crippen molar-refractivity contribution in [3.05, 3.63) is 60.8 Å². The molecule has 0 aliphatic rings. The molecule has 4 aromatic rings. The Hall–Kier alpha value is -2.53. The minimum atomic E-state index is -3.28. The van der Waals surface area contributed by atoms with Crippen molar-refractivity contribution in [3.63, 3.8) is 0 Å². The number of nitrogens with one attached hydrogen (secondary N) is 1. The smallest absolute Gasteiger partial charge is 0.232 e. The van der Waals surface area contributed by atoms with Crippen molar-refractivity contribution in [2.45, 2.75) is 6.92 Å². The van der Waals surface area contributed by atoms with Crippen molar-refractivity contribution in [1.82, 2.24) is 4.40 Å². The lowest BCUT2D eigenvalue weighted by Crippen LogP contribution is -2.14. The van der Waals surface area contributed by atoms with Gasteiger partial charge in [-0.15, -0.1) is 0 Å². The van der Waals surface area contributed by atoms with E-state index in [1.54, 1.807) is 6.92 Å². The Labute approximate surface area is 134 Å². The molecule has 4 rings (SSSR count). The highest BCUT2D eigenvalue weighted by Gasteiger charge is 2.11. The average molecular weight is 324 g/mol. The lowest BCUT2D eigenvalue weighted by molar-refractivity contribution is 0.602. The van der Waals surface area contributed by atoms with E-state index in [1.807, 2.05) is 42.6 Å². The zero-order valence-corrected chi connectivity index (χ0v) is 13.5. The van der Waals surface area contributed by atoms with E-state index in [0.717, 1.165) is 16.4 Å². The van der Waals surface area contributed by atoms with E-state index in [4.69, 9.17) is 0 Å². The summed E-state index contributed by atoms with van der Waals surface area (Å²) in [5.41, 5.74) is 2.69. The largest absolute Gasteiger partial charge is 0.316 e. The molecule has 0 spiro atoms. The summed E-state index contributed by atoms with van der Waals surface area (Å²) in [7, 11) is -3.28. The van der Waals surface area contributed by atoms with Crippen LogP contribution in [0.5, 0.6) is 0 Å². The van der Waals surface area contributed by atoms with Crippen LogP contribution in [0.25, 0.3) is 27.2 Å². The van der Waals surface area contributed by atoms with Gasteiger partial charge in [-0.05, 0) is 36.6 Å². The van der Waals surface area contributed by atoms with Crippen LogP contribution in [0.4, 0.5) is 5.69 Å². The first-order valence-corrected chi connectivity index (χ1v) is 9.16. The molecule has 0 bridgehead atoms. The van der Waals surface area contributed by atoms with Gasteiger partial charge >= 0.3 is 0 Å². The molecule has 2 aromatic heterocycles. The number of hydrogen-bond donors (Lipinski definition) is 1. The van der Waals surface area contributed by atoms with Gasteiger partial charge in [-0.1, -0.05) is 30.3 Å². The fraction of sp³-hybridized carbons (Fsp3) is 0.111. The van der Waals surface area contributed by atoms with E-state index in [-0.39, 0.29) is 5.75 Å². The third-order valence-corrected chi connectivity index (χ3v) is 5.46. The van der Waals surface area contributed by atoms with E-state index < -0.39 is 10.0 Å². The maximum absolute atomic E-state index is 11.8. The Balaban J connectivity index is 2.07. The van der Waals surface area contributed by atoms with Crippen molar-refractivity contribution in [2.24, 2.45) is 0 Å². The van der Waals surface area contributed by atoms with E-state index in [0.29, 0.717) is 5.69 Å². The lowest BCUT2D eigenvalue weighted by Gasteiger charge is -2.12. The highest BCUT2D eigenvalue weighted by molar-refractivity contribution is 7.92. The molecule has 23 heavy (non-hydrogen) atoms. The second-order valence-corrected chi connectivity index (χ2v) is 7.56. The fourth-order valence-electron chi connectivity index (χ4n) is 3.03. The summed E-state index contributed by atoms with van der Waals surface area (Å²) < 4.78 is 28.3. The van der Waals surface area contributed by atoms with Gasteiger partial charge < -0.3 is 4.40 Å². The standard InChI is InChI=1S/C18H16N2O2S/c1-2-23(21,22)19-13-9-10-16-14-6-3-4-7-15(14)17-8-5-11-20(17)18(16)12-13/h3-12,19H,2H2,1H3. The molecule has 0 aliphatic heterocycles. The van der Waals surface area contributed by atoms with Gasteiger partial charge in [0, 0.05) is 17.0 Å². The average Bonchev–Trinajstić information content (AvgIpc) is 3.05. The van der Waals surface area contributed by atoms with Crippen LogP contribution in [-0.4, -0.2) is 18.6 Å². The molecule has 0 saturated heterocycles. The molecule has 0 atom stereocenters. The molecule has 2 heterocycles. The third kappa shape index (κ3) is 2.24. The molecule has 0 aliphatic carbocycles. The number of benzene rings is 2. The molecule has 116 valence electrons. The highest BCUT2D eigenvalue weighted by Crippen LogP contribution is 2.31. The van der Waals surface area contributed by atoms with Gasteiger partial charge in [-0.25, -0.2) is 8.42 Å². The van der Waals surface area contributed by atoms with Crippen LogP contribution in [0.15, 0.2) is 60.8 Å². The Kier molecular flexibility index (Phi) is 3.06. The number of anilines is 1. The van der Waals surface area contributed by atoms with Crippen LogP contribution in [0, 0.1) is 0 Å². The van der Waals surface area contributed by atoms with Crippen molar-refractivity contribution in [2.75, 3.05) is 10.5 Å². The summed E-state index contributed by atoms with van der Waals surface area (Å²) in [5.74, 6) is 0.0572. The molecule has 2 aromatic carbocycles. The van der Waals surface area contributed by atoms with E-state index in [2.05, 4.69) is 27.3 Å². The van der Waals surface area contributed by atoms with Crippen molar-refractivity contribution >= 4 is 42.9 Å². The molecular formula is C18H16N2O2S. The summed E-state index contributed by atoms with van der Waals surface area (Å²) in [6, 6.07) is 18.0. The predicted octanol–water partition coefficient (Wildman–Crippen LogP) is 4.01. The van der Waals surface area contributed by atoms with E-state index in [1.165, 1.54) is 10.8 Å². The van der Waals surface area contributed by atoms with Gasteiger partial charge in [0.05, 0.1) is 22.5 Å². The number of pyridine rings is 1. The number of aromatic nitrogens is 1. The number of nitrogens with zero attached hydrogens (tertiary/aromatic N) is 1. The first-order valence-electron chi connectivity index (χ1n) is 7.51. The van der Waals surface area contributed by atoms with Crippen LogP contribution in [0.3, 0.4) is 0 Å². The van der Waals surface area contributed by atoms with Gasteiger partial charge in [0.15, 0.2) is 0 Å². The molecule has 0 fully saturated rings. The minimum absolute atomic E-state index is 0.0572. The Morgan fingerprint density at radius 2 is 1.65 bits per heavy atom. The minimum Gasteiger partial charge on any atom is -0.316 e. The molecular weight excluding hydrogens is 308 g/mol. The SMILES string of the molecule is CCS(=O)(=O)Nc1ccc2c3ccccc3c3cccn3c2c1. The van der Waals surface area contributed by atoms with Gasteiger partial charge in [0.25, 0.3) is 0 Å². The van der Waals surface area contributed by atoms with Gasteiger partial charge in [0.1, 0.15) is 0 Å². The number of hydrogen-bond acceptors (Lipinski definition) is 2. The zero-order valence-electron chi connectivity index (χ0n) is 12.7. The highest BCUT2D eigenvalue weighted by atomic mass is 32.2. The molecule has 0 radical (unpaired) electrons. The van der Waals surface area contributed by atoms with E-state index >= 15 is 0 Å². The molecule has 5 heteroatoms. The van der Waals surface area contributed by atoms with Crippen molar-refractivity contribution < 1.29 is 8.42 Å². The molecule has 0 saturated carbocycles. The van der Waals surface area contributed by atoms with Crippen LogP contribution < -0.4 is 4.72 Å². The molecule has 1 N–H and O–H groups in total. The van der Waals surface area contributed by atoms with Crippen LogP contribution in [0.2, 0.25) is 0 Å². The second kappa shape index (κ2) is 4.99. The quantitative estimate of drug-likeness (QED) is 0.579. The van der Waals surface area contributed by atoms with Crippen molar-refractivity contribution in [3.8, 4) is 0 Å². The van der Waals surface area contributed by atoms with Crippen LogP contribution >= 0.6 is 0 Å².